The lowest BCUT2D eigenvalue weighted by Gasteiger charge is -2.20. The molecule has 1 N–H and O–H groups in total. The van der Waals surface area contributed by atoms with Crippen molar-refractivity contribution in [3.8, 4) is 0 Å². The lowest BCUT2D eigenvalue weighted by molar-refractivity contribution is -0.138. The third kappa shape index (κ3) is 1.80. The molecule has 1 fully saturated rings. The van der Waals surface area contributed by atoms with Gasteiger partial charge in [0.25, 0.3) is 0 Å². The average molecular weight is 155 g/mol. The molecule has 1 heterocycles. The summed E-state index contributed by atoms with van der Waals surface area (Å²) in [7, 11) is 0. The van der Waals surface area contributed by atoms with E-state index >= 15 is 0 Å². The van der Waals surface area contributed by atoms with Gasteiger partial charge in [-0.05, 0) is 19.4 Å². The summed E-state index contributed by atoms with van der Waals surface area (Å²) in [5, 5.41) is 3.07. The van der Waals surface area contributed by atoms with Gasteiger partial charge in [-0.3, -0.25) is 0 Å². The van der Waals surface area contributed by atoms with Crippen molar-refractivity contribution >= 4 is 5.97 Å². The van der Waals surface area contributed by atoms with Crippen LogP contribution in [0.1, 0.15) is 13.8 Å². The lowest BCUT2D eigenvalue weighted by Crippen LogP contribution is -2.35. The summed E-state index contributed by atoms with van der Waals surface area (Å²) >= 11 is 0. The molecule has 0 aliphatic carbocycles. The molecule has 0 aromatic rings. The number of esters is 1. The molecule has 1 aliphatic heterocycles. The topological polar surface area (TPSA) is 38.3 Å². The standard InChI is InChI=1S/C8H13NO2/c1-3-11-8(10)6(2)7-4-9-5-7/h9H,3-5H2,1-2H3. The van der Waals surface area contributed by atoms with Crippen LogP contribution in [0.2, 0.25) is 0 Å². The number of rotatable bonds is 2. The Morgan fingerprint density at radius 3 is 2.64 bits per heavy atom. The van der Waals surface area contributed by atoms with Gasteiger partial charge in [0.2, 0.25) is 0 Å². The first-order valence-electron chi connectivity index (χ1n) is 3.82. The van der Waals surface area contributed by atoms with E-state index in [0.29, 0.717) is 6.61 Å². The molecule has 0 spiro atoms. The fraction of sp³-hybridized carbons (Fsp3) is 0.625. The van der Waals surface area contributed by atoms with Gasteiger partial charge in [0.05, 0.1) is 6.61 Å². The Bertz CT molecular complexity index is 190. The maximum atomic E-state index is 11.1. The van der Waals surface area contributed by atoms with Gasteiger partial charge in [-0.25, -0.2) is 4.79 Å². The van der Waals surface area contributed by atoms with Crippen LogP contribution in [0.4, 0.5) is 0 Å². The summed E-state index contributed by atoms with van der Waals surface area (Å²) in [4.78, 5) is 11.1. The van der Waals surface area contributed by atoms with Gasteiger partial charge in [0.15, 0.2) is 0 Å². The number of hydrogen-bond acceptors (Lipinski definition) is 3. The van der Waals surface area contributed by atoms with E-state index in [4.69, 9.17) is 4.74 Å². The summed E-state index contributed by atoms with van der Waals surface area (Å²) in [5.74, 6) is -0.177. The predicted molar refractivity (Wildman–Crippen MR) is 42.2 cm³/mol. The Labute approximate surface area is 66.4 Å². The zero-order chi connectivity index (χ0) is 8.27. The Morgan fingerprint density at radius 1 is 1.64 bits per heavy atom. The Kier molecular flexibility index (Phi) is 2.65. The smallest absolute Gasteiger partial charge is 0.333 e. The quantitative estimate of drug-likeness (QED) is 0.465. The van der Waals surface area contributed by atoms with Crippen LogP contribution in [0.3, 0.4) is 0 Å². The maximum Gasteiger partial charge on any atom is 0.333 e. The van der Waals surface area contributed by atoms with Gasteiger partial charge in [-0.1, -0.05) is 0 Å². The first-order chi connectivity index (χ1) is 5.25. The third-order valence-electron chi connectivity index (χ3n) is 1.79. The minimum atomic E-state index is -0.177. The molecule has 3 heteroatoms. The number of carbonyl (C=O) groups excluding carboxylic acids is 1. The van der Waals surface area contributed by atoms with Crippen molar-refractivity contribution in [1.82, 2.24) is 5.32 Å². The number of nitrogens with one attached hydrogen (secondary N) is 1. The molecule has 0 atom stereocenters. The Balaban J connectivity index is 2.51. The van der Waals surface area contributed by atoms with Crippen LogP contribution >= 0.6 is 0 Å². The second-order valence-electron chi connectivity index (χ2n) is 2.55. The highest BCUT2D eigenvalue weighted by molar-refractivity contribution is 5.89. The molecule has 0 amide bonds. The van der Waals surface area contributed by atoms with Gasteiger partial charge < -0.3 is 10.1 Å². The van der Waals surface area contributed by atoms with E-state index in [2.05, 4.69) is 5.32 Å². The summed E-state index contributed by atoms with van der Waals surface area (Å²) in [6, 6.07) is 0. The largest absolute Gasteiger partial charge is 0.463 e. The first kappa shape index (κ1) is 8.27. The summed E-state index contributed by atoms with van der Waals surface area (Å²) in [5.41, 5.74) is 1.94. The Hall–Kier alpha value is -0.830. The molecule has 0 aromatic heterocycles. The zero-order valence-electron chi connectivity index (χ0n) is 6.94. The van der Waals surface area contributed by atoms with E-state index in [1.807, 2.05) is 13.8 Å². The molecular weight excluding hydrogens is 142 g/mol. The second-order valence-corrected chi connectivity index (χ2v) is 2.55. The van der Waals surface area contributed by atoms with Crippen LogP contribution in [0.25, 0.3) is 0 Å². The van der Waals surface area contributed by atoms with Crippen molar-refractivity contribution in [2.75, 3.05) is 19.7 Å². The maximum absolute atomic E-state index is 11.1. The fourth-order valence-electron chi connectivity index (χ4n) is 0.899. The number of hydrogen-bond donors (Lipinski definition) is 1. The number of ether oxygens (including phenoxy) is 1. The molecular formula is C8H13NO2. The van der Waals surface area contributed by atoms with Gasteiger partial charge >= 0.3 is 5.97 Å². The minimum absolute atomic E-state index is 0.177. The van der Waals surface area contributed by atoms with Crippen molar-refractivity contribution in [2.45, 2.75) is 13.8 Å². The highest BCUT2D eigenvalue weighted by atomic mass is 16.5. The van der Waals surface area contributed by atoms with E-state index in [9.17, 15) is 4.79 Å². The molecule has 3 nitrogen and oxygen atoms in total. The van der Waals surface area contributed by atoms with Crippen LogP contribution in [-0.2, 0) is 9.53 Å². The van der Waals surface area contributed by atoms with Crippen LogP contribution in [0.15, 0.2) is 11.1 Å². The fourth-order valence-corrected chi connectivity index (χ4v) is 0.899. The van der Waals surface area contributed by atoms with Crippen molar-refractivity contribution in [3.63, 3.8) is 0 Å². The summed E-state index contributed by atoms with van der Waals surface area (Å²) in [6.07, 6.45) is 0. The van der Waals surface area contributed by atoms with Crippen molar-refractivity contribution in [1.29, 1.82) is 0 Å². The van der Waals surface area contributed by atoms with Crippen LogP contribution in [0, 0.1) is 0 Å². The molecule has 0 unspecified atom stereocenters. The van der Waals surface area contributed by atoms with E-state index in [-0.39, 0.29) is 5.97 Å². The molecule has 0 saturated carbocycles. The Morgan fingerprint density at radius 2 is 2.27 bits per heavy atom. The molecule has 1 saturated heterocycles. The highest BCUT2D eigenvalue weighted by Crippen LogP contribution is 2.09. The predicted octanol–water partition coefficient (Wildman–Crippen LogP) is 0.469. The minimum Gasteiger partial charge on any atom is -0.463 e. The molecule has 1 aliphatic rings. The van der Waals surface area contributed by atoms with Gasteiger partial charge in [0, 0.05) is 18.7 Å². The van der Waals surface area contributed by atoms with Gasteiger partial charge in [-0.2, -0.15) is 0 Å². The van der Waals surface area contributed by atoms with Crippen LogP contribution in [0.5, 0.6) is 0 Å². The monoisotopic (exact) mass is 155 g/mol. The third-order valence-corrected chi connectivity index (χ3v) is 1.79. The molecule has 0 aromatic carbocycles. The van der Waals surface area contributed by atoms with Crippen LogP contribution in [-0.4, -0.2) is 25.7 Å². The molecule has 0 bridgehead atoms. The molecule has 62 valence electrons. The first-order valence-corrected chi connectivity index (χ1v) is 3.82. The zero-order valence-corrected chi connectivity index (χ0v) is 6.94. The highest BCUT2D eigenvalue weighted by Gasteiger charge is 2.16. The van der Waals surface area contributed by atoms with E-state index in [1.54, 1.807) is 0 Å². The van der Waals surface area contributed by atoms with Crippen molar-refractivity contribution in [3.05, 3.63) is 11.1 Å². The summed E-state index contributed by atoms with van der Waals surface area (Å²) < 4.78 is 4.84. The summed E-state index contributed by atoms with van der Waals surface area (Å²) in [6.45, 7) is 5.76. The molecule has 0 radical (unpaired) electrons. The number of carbonyl (C=O) groups is 1. The lowest BCUT2D eigenvalue weighted by atomic mass is 10.1. The van der Waals surface area contributed by atoms with Gasteiger partial charge in [-0.15, -0.1) is 0 Å². The average Bonchev–Trinajstić information content (AvgIpc) is 1.84. The van der Waals surface area contributed by atoms with Crippen molar-refractivity contribution < 1.29 is 9.53 Å². The molecule has 11 heavy (non-hydrogen) atoms. The van der Waals surface area contributed by atoms with Crippen LogP contribution < -0.4 is 5.32 Å². The van der Waals surface area contributed by atoms with Crippen molar-refractivity contribution in [2.24, 2.45) is 0 Å². The van der Waals surface area contributed by atoms with E-state index < -0.39 is 0 Å². The van der Waals surface area contributed by atoms with Gasteiger partial charge in [0.1, 0.15) is 0 Å². The van der Waals surface area contributed by atoms with E-state index in [0.717, 1.165) is 18.7 Å². The molecule has 1 rings (SSSR count). The SMILES string of the molecule is CCOC(=O)C(C)=C1CNC1. The second kappa shape index (κ2) is 3.53. The normalized spacial score (nSPS) is 15.6. The van der Waals surface area contributed by atoms with E-state index in [1.165, 1.54) is 5.57 Å².